The minimum Gasteiger partial charge on any atom is -0.0996 e. The summed E-state index contributed by atoms with van der Waals surface area (Å²) in [6.07, 6.45) is 4.00. The van der Waals surface area contributed by atoms with Gasteiger partial charge in [0.15, 0.2) is 0 Å². The fourth-order valence-corrected chi connectivity index (χ4v) is 1.17. The molecule has 112 valence electrons. The summed E-state index contributed by atoms with van der Waals surface area (Å²) >= 11 is 0. The molecule has 1 unspecified atom stereocenters. The smallest absolute Gasteiger partial charge is 0.0178 e. The quantitative estimate of drug-likeness (QED) is 0.470. The van der Waals surface area contributed by atoms with Crippen LogP contribution in [0.15, 0.2) is 12.2 Å². The standard InChI is InChI=1S/C10H22.C7H14.CH4/c1-6-8-9(3)10(4,5)7-2;1-6(2)7(3,4)5;/h9H,6-8H2,1-5H3;1H2,2-5H3;1H4. The monoisotopic (exact) mass is 256 g/mol. The number of allylic oxidation sites excluding steroid dienone is 1. The zero-order valence-electron chi connectivity index (χ0n) is 13.9. The Bertz CT molecular complexity index is 203. The molecule has 0 saturated carbocycles. The van der Waals surface area contributed by atoms with Crippen molar-refractivity contribution in [2.24, 2.45) is 16.7 Å². The molecule has 0 aliphatic rings. The zero-order valence-corrected chi connectivity index (χ0v) is 13.9. The lowest BCUT2D eigenvalue weighted by Crippen LogP contribution is -2.20. The maximum Gasteiger partial charge on any atom is -0.0178 e. The normalized spacial score (nSPS) is 12.9. The molecule has 0 aliphatic heterocycles. The number of hydrogen-bond acceptors (Lipinski definition) is 0. The third kappa shape index (κ3) is 10.9. The van der Waals surface area contributed by atoms with Gasteiger partial charge in [-0.1, -0.05) is 94.2 Å². The van der Waals surface area contributed by atoms with Gasteiger partial charge in [0.05, 0.1) is 0 Å². The first-order valence-electron chi connectivity index (χ1n) is 7.15. The lowest BCUT2D eigenvalue weighted by molar-refractivity contribution is 0.208. The van der Waals surface area contributed by atoms with E-state index in [4.69, 9.17) is 0 Å². The van der Waals surface area contributed by atoms with Crippen molar-refractivity contribution in [1.82, 2.24) is 0 Å². The first-order chi connectivity index (χ1) is 7.49. The molecule has 0 spiro atoms. The van der Waals surface area contributed by atoms with Gasteiger partial charge in [0.25, 0.3) is 0 Å². The van der Waals surface area contributed by atoms with Crippen LogP contribution in [-0.2, 0) is 0 Å². The van der Waals surface area contributed by atoms with E-state index in [0.717, 1.165) is 5.92 Å². The lowest BCUT2D eigenvalue weighted by Gasteiger charge is -2.30. The highest BCUT2D eigenvalue weighted by atomic mass is 14.3. The molecule has 0 bridgehead atoms. The van der Waals surface area contributed by atoms with Crippen molar-refractivity contribution in [3.8, 4) is 0 Å². The van der Waals surface area contributed by atoms with Crippen molar-refractivity contribution in [3.63, 3.8) is 0 Å². The largest absolute Gasteiger partial charge is 0.0996 e. The second-order valence-corrected chi connectivity index (χ2v) is 7.06. The van der Waals surface area contributed by atoms with Gasteiger partial charge < -0.3 is 0 Å². The highest BCUT2D eigenvalue weighted by Gasteiger charge is 2.22. The van der Waals surface area contributed by atoms with Crippen molar-refractivity contribution >= 4 is 0 Å². The van der Waals surface area contributed by atoms with Crippen LogP contribution in [0.25, 0.3) is 0 Å². The second-order valence-electron chi connectivity index (χ2n) is 7.06. The molecule has 0 heteroatoms. The molecule has 0 aromatic rings. The number of rotatable bonds is 4. The van der Waals surface area contributed by atoms with E-state index in [-0.39, 0.29) is 7.43 Å². The van der Waals surface area contributed by atoms with E-state index in [0.29, 0.717) is 10.8 Å². The molecule has 0 radical (unpaired) electrons. The molecule has 0 aromatic carbocycles. The van der Waals surface area contributed by atoms with Gasteiger partial charge >= 0.3 is 0 Å². The van der Waals surface area contributed by atoms with Crippen LogP contribution in [0.1, 0.15) is 89.0 Å². The van der Waals surface area contributed by atoms with Gasteiger partial charge in [-0.05, 0) is 23.7 Å². The summed E-state index contributed by atoms with van der Waals surface area (Å²) in [6.45, 7) is 24.0. The Morgan fingerprint density at radius 3 is 1.56 bits per heavy atom. The molecule has 0 aromatic heterocycles. The molecule has 0 heterocycles. The fourth-order valence-electron chi connectivity index (χ4n) is 1.17. The minimum absolute atomic E-state index is 0. The first kappa shape index (κ1) is 22.9. The lowest BCUT2D eigenvalue weighted by atomic mass is 9.76. The first-order valence-corrected chi connectivity index (χ1v) is 7.15. The van der Waals surface area contributed by atoms with Gasteiger partial charge in [-0.25, -0.2) is 0 Å². The van der Waals surface area contributed by atoms with Crippen LogP contribution < -0.4 is 0 Å². The van der Waals surface area contributed by atoms with E-state index >= 15 is 0 Å². The van der Waals surface area contributed by atoms with E-state index in [9.17, 15) is 0 Å². The molecular weight excluding hydrogens is 216 g/mol. The maximum absolute atomic E-state index is 3.83. The van der Waals surface area contributed by atoms with Gasteiger partial charge in [-0.2, -0.15) is 0 Å². The number of hydrogen-bond donors (Lipinski definition) is 0. The summed E-state index contributed by atoms with van der Waals surface area (Å²) in [7, 11) is 0. The van der Waals surface area contributed by atoms with E-state index in [1.165, 1.54) is 24.8 Å². The summed E-state index contributed by atoms with van der Waals surface area (Å²) in [5.41, 5.74) is 2.10. The molecule has 0 N–H and O–H groups in total. The zero-order chi connectivity index (χ0) is 14.3. The SMILES string of the molecule is C.C=C(C)C(C)(C)C.CCCC(C)C(C)(C)CC. The van der Waals surface area contributed by atoms with Gasteiger partial charge in [0.2, 0.25) is 0 Å². The van der Waals surface area contributed by atoms with Gasteiger partial charge in [0.1, 0.15) is 0 Å². The molecular formula is C18H40. The van der Waals surface area contributed by atoms with Crippen molar-refractivity contribution < 1.29 is 0 Å². The summed E-state index contributed by atoms with van der Waals surface area (Å²) < 4.78 is 0. The molecule has 0 amide bonds. The average molecular weight is 257 g/mol. The Morgan fingerprint density at radius 1 is 1.06 bits per heavy atom. The molecule has 1 atom stereocenters. The van der Waals surface area contributed by atoms with Crippen molar-refractivity contribution in [2.75, 3.05) is 0 Å². The van der Waals surface area contributed by atoms with Crippen LogP contribution in [0.5, 0.6) is 0 Å². The van der Waals surface area contributed by atoms with Crippen LogP contribution in [0.4, 0.5) is 0 Å². The van der Waals surface area contributed by atoms with Crippen molar-refractivity contribution in [3.05, 3.63) is 12.2 Å². The molecule has 0 nitrogen and oxygen atoms in total. The second kappa shape index (κ2) is 9.64. The van der Waals surface area contributed by atoms with Crippen LogP contribution in [0, 0.1) is 16.7 Å². The summed E-state index contributed by atoms with van der Waals surface area (Å²) in [6, 6.07) is 0. The highest BCUT2D eigenvalue weighted by Crippen LogP contribution is 2.32. The Balaban J connectivity index is -0.000000251. The fraction of sp³-hybridized carbons (Fsp3) is 0.889. The van der Waals surface area contributed by atoms with E-state index in [1.54, 1.807) is 0 Å². The molecule has 0 aliphatic carbocycles. The van der Waals surface area contributed by atoms with Gasteiger partial charge in [-0.15, -0.1) is 0 Å². The summed E-state index contributed by atoms with van der Waals surface area (Å²) in [4.78, 5) is 0. The summed E-state index contributed by atoms with van der Waals surface area (Å²) in [5, 5.41) is 0. The Labute approximate surface area is 118 Å². The molecule has 0 rings (SSSR count). The molecule has 0 fully saturated rings. The Kier molecular flexibility index (Phi) is 12.3. The molecule has 18 heavy (non-hydrogen) atoms. The predicted molar refractivity (Wildman–Crippen MR) is 89.1 cm³/mol. The topological polar surface area (TPSA) is 0 Å². The van der Waals surface area contributed by atoms with Crippen molar-refractivity contribution in [1.29, 1.82) is 0 Å². The van der Waals surface area contributed by atoms with Gasteiger partial charge in [-0.3, -0.25) is 0 Å². The van der Waals surface area contributed by atoms with E-state index in [2.05, 4.69) is 68.9 Å². The highest BCUT2D eigenvalue weighted by molar-refractivity contribution is 4.99. The third-order valence-corrected chi connectivity index (χ3v) is 4.25. The van der Waals surface area contributed by atoms with Crippen LogP contribution in [0.2, 0.25) is 0 Å². The summed E-state index contributed by atoms with van der Waals surface area (Å²) in [5.74, 6) is 0.877. The molecule has 0 saturated heterocycles. The van der Waals surface area contributed by atoms with Crippen molar-refractivity contribution in [2.45, 2.75) is 89.0 Å². The van der Waals surface area contributed by atoms with Crippen LogP contribution in [0.3, 0.4) is 0 Å². The van der Waals surface area contributed by atoms with Gasteiger partial charge in [0, 0.05) is 0 Å². The Hall–Kier alpha value is -0.260. The average Bonchev–Trinajstić information content (AvgIpc) is 2.17. The van der Waals surface area contributed by atoms with Crippen LogP contribution >= 0.6 is 0 Å². The minimum atomic E-state index is 0. The van der Waals surface area contributed by atoms with Crippen LogP contribution in [-0.4, -0.2) is 0 Å². The van der Waals surface area contributed by atoms with E-state index in [1.807, 2.05) is 0 Å². The third-order valence-electron chi connectivity index (χ3n) is 4.25. The maximum atomic E-state index is 3.83. The predicted octanol–water partition coefficient (Wildman–Crippen LogP) is 7.10. The Morgan fingerprint density at radius 2 is 1.39 bits per heavy atom. The van der Waals surface area contributed by atoms with E-state index < -0.39 is 0 Å².